The summed E-state index contributed by atoms with van der Waals surface area (Å²) in [6, 6.07) is 11.5. The summed E-state index contributed by atoms with van der Waals surface area (Å²) in [5.74, 6) is 1.08. The minimum absolute atomic E-state index is 0.0759. The predicted octanol–water partition coefficient (Wildman–Crippen LogP) is 4.76. The van der Waals surface area contributed by atoms with E-state index in [2.05, 4.69) is 18.3 Å². The van der Waals surface area contributed by atoms with Crippen LogP contribution in [0.4, 0.5) is 4.39 Å². The van der Waals surface area contributed by atoms with E-state index in [1.807, 2.05) is 18.2 Å². The predicted molar refractivity (Wildman–Crippen MR) is 93.1 cm³/mol. The highest BCUT2D eigenvalue weighted by atomic mass is 32.2. The summed E-state index contributed by atoms with van der Waals surface area (Å²) in [4.78, 5) is 2.18. The molecule has 2 aromatic rings. The van der Waals surface area contributed by atoms with Gasteiger partial charge in [0.1, 0.15) is 11.6 Å². The summed E-state index contributed by atoms with van der Waals surface area (Å²) >= 11 is 1.65. The molecule has 2 aromatic carbocycles. The van der Waals surface area contributed by atoms with Crippen molar-refractivity contribution in [3.8, 4) is 5.75 Å². The third-order valence-corrected chi connectivity index (χ3v) is 5.62. The molecule has 1 aliphatic rings. The van der Waals surface area contributed by atoms with Crippen LogP contribution in [0.3, 0.4) is 0 Å². The minimum Gasteiger partial charge on any atom is -0.497 e. The van der Waals surface area contributed by atoms with E-state index in [-0.39, 0.29) is 5.82 Å². The lowest BCUT2D eigenvalue weighted by atomic mass is 9.90. The van der Waals surface area contributed by atoms with E-state index >= 15 is 0 Å². The minimum atomic E-state index is -0.0759. The van der Waals surface area contributed by atoms with Crippen LogP contribution >= 0.6 is 11.8 Å². The van der Waals surface area contributed by atoms with Gasteiger partial charge < -0.3 is 10.1 Å². The molecule has 0 aromatic heterocycles. The van der Waals surface area contributed by atoms with Crippen LogP contribution in [0.25, 0.3) is 0 Å². The van der Waals surface area contributed by atoms with Crippen LogP contribution in [-0.4, -0.2) is 20.2 Å². The molecule has 0 unspecified atom stereocenters. The molecular weight excluding hydrogens is 309 g/mol. The fourth-order valence-electron chi connectivity index (χ4n) is 3.09. The first-order valence-corrected chi connectivity index (χ1v) is 8.82. The molecule has 2 nitrogen and oxygen atoms in total. The van der Waals surface area contributed by atoms with Gasteiger partial charge in [0.05, 0.1) is 7.11 Å². The quantitative estimate of drug-likeness (QED) is 0.873. The first-order chi connectivity index (χ1) is 11.2. The van der Waals surface area contributed by atoms with Crippen LogP contribution in [0.5, 0.6) is 5.75 Å². The Kier molecular flexibility index (Phi) is 5.23. The fourth-order valence-corrected chi connectivity index (χ4v) is 4.21. The lowest BCUT2D eigenvalue weighted by Crippen LogP contribution is -2.27. The van der Waals surface area contributed by atoms with Gasteiger partial charge in [-0.1, -0.05) is 17.8 Å². The van der Waals surface area contributed by atoms with Crippen molar-refractivity contribution in [1.82, 2.24) is 5.32 Å². The number of piperidine rings is 1. The Morgan fingerprint density at radius 1 is 1.13 bits per heavy atom. The molecule has 0 radical (unpaired) electrons. The van der Waals surface area contributed by atoms with Gasteiger partial charge in [-0.15, -0.1) is 0 Å². The van der Waals surface area contributed by atoms with E-state index in [1.165, 1.54) is 0 Å². The molecule has 1 N–H and O–H groups in total. The SMILES string of the molecule is COc1ccc(Sc2cccc(F)c2C2CCNCC2)c(C)c1. The second-order valence-corrected chi connectivity index (χ2v) is 6.99. The van der Waals surface area contributed by atoms with E-state index in [1.54, 1.807) is 31.0 Å². The number of aryl methyl sites for hydroxylation is 1. The average molecular weight is 331 g/mol. The Hall–Kier alpha value is -1.52. The number of nitrogens with one attached hydrogen (secondary N) is 1. The van der Waals surface area contributed by atoms with Crippen molar-refractivity contribution in [1.29, 1.82) is 0 Å². The van der Waals surface area contributed by atoms with Gasteiger partial charge in [-0.2, -0.15) is 0 Å². The van der Waals surface area contributed by atoms with Crippen molar-refractivity contribution in [2.75, 3.05) is 20.2 Å². The molecule has 0 spiro atoms. The molecular formula is C19H22FNOS. The van der Waals surface area contributed by atoms with E-state index < -0.39 is 0 Å². The summed E-state index contributed by atoms with van der Waals surface area (Å²) in [5, 5.41) is 3.35. The number of halogens is 1. The number of ether oxygens (including phenoxy) is 1. The maximum absolute atomic E-state index is 14.5. The second kappa shape index (κ2) is 7.37. The molecule has 1 heterocycles. The number of hydrogen-bond donors (Lipinski definition) is 1. The van der Waals surface area contributed by atoms with Crippen LogP contribution in [-0.2, 0) is 0 Å². The van der Waals surface area contributed by atoms with Gasteiger partial charge in [-0.25, -0.2) is 4.39 Å². The van der Waals surface area contributed by atoms with Crippen LogP contribution in [0.15, 0.2) is 46.2 Å². The molecule has 1 aliphatic heterocycles. The van der Waals surface area contributed by atoms with Gasteiger partial charge >= 0.3 is 0 Å². The van der Waals surface area contributed by atoms with Crippen molar-refractivity contribution in [2.24, 2.45) is 0 Å². The highest BCUT2D eigenvalue weighted by Crippen LogP contribution is 2.40. The molecule has 3 rings (SSSR count). The van der Waals surface area contributed by atoms with Crippen LogP contribution in [0.2, 0.25) is 0 Å². The molecule has 0 aliphatic carbocycles. The third-order valence-electron chi connectivity index (χ3n) is 4.36. The number of rotatable bonds is 4. The zero-order chi connectivity index (χ0) is 16.2. The highest BCUT2D eigenvalue weighted by molar-refractivity contribution is 7.99. The summed E-state index contributed by atoms with van der Waals surface area (Å²) in [7, 11) is 1.67. The monoisotopic (exact) mass is 331 g/mol. The van der Waals surface area contributed by atoms with Crippen molar-refractivity contribution < 1.29 is 9.13 Å². The van der Waals surface area contributed by atoms with Gasteiger partial charge in [0.25, 0.3) is 0 Å². The topological polar surface area (TPSA) is 21.3 Å². The van der Waals surface area contributed by atoms with Crippen molar-refractivity contribution >= 4 is 11.8 Å². The summed E-state index contributed by atoms with van der Waals surface area (Å²) in [5.41, 5.74) is 2.03. The summed E-state index contributed by atoms with van der Waals surface area (Å²) < 4.78 is 19.8. The Bertz CT molecular complexity index is 683. The van der Waals surface area contributed by atoms with E-state index in [4.69, 9.17) is 4.74 Å². The standard InChI is InChI=1S/C19H22FNOS/c1-13-12-15(22-2)6-7-17(13)23-18-5-3-4-16(20)19(18)14-8-10-21-11-9-14/h3-7,12,14,21H,8-11H2,1-2H3. The van der Waals surface area contributed by atoms with Gasteiger partial charge in [0.2, 0.25) is 0 Å². The molecule has 1 saturated heterocycles. The lowest BCUT2D eigenvalue weighted by molar-refractivity contribution is 0.414. The normalized spacial score (nSPS) is 15.6. The number of benzene rings is 2. The molecule has 0 saturated carbocycles. The summed E-state index contributed by atoms with van der Waals surface area (Å²) in [6.45, 7) is 3.99. The smallest absolute Gasteiger partial charge is 0.127 e. The summed E-state index contributed by atoms with van der Waals surface area (Å²) in [6.07, 6.45) is 1.99. The number of hydrogen-bond acceptors (Lipinski definition) is 3. The van der Waals surface area contributed by atoms with Crippen molar-refractivity contribution in [2.45, 2.75) is 35.5 Å². The molecule has 0 amide bonds. The Morgan fingerprint density at radius 2 is 1.91 bits per heavy atom. The molecule has 0 bridgehead atoms. The molecule has 23 heavy (non-hydrogen) atoms. The van der Waals surface area contributed by atoms with E-state index in [0.29, 0.717) is 5.92 Å². The van der Waals surface area contributed by atoms with Crippen LogP contribution in [0, 0.1) is 12.7 Å². The molecule has 4 heteroatoms. The Morgan fingerprint density at radius 3 is 2.61 bits per heavy atom. The third kappa shape index (κ3) is 3.70. The van der Waals surface area contributed by atoms with Gasteiger partial charge in [0, 0.05) is 15.4 Å². The zero-order valence-electron chi connectivity index (χ0n) is 13.6. The van der Waals surface area contributed by atoms with E-state index in [9.17, 15) is 4.39 Å². The Labute approximate surface area is 141 Å². The molecule has 122 valence electrons. The lowest BCUT2D eigenvalue weighted by Gasteiger charge is -2.25. The zero-order valence-corrected chi connectivity index (χ0v) is 14.4. The second-order valence-electron chi connectivity index (χ2n) is 5.91. The fraction of sp³-hybridized carbons (Fsp3) is 0.368. The number of methoxy groups -OCH3 is 1. The maximum Gasteiger partial charge on any atom is 0.127 e. The van der Waals surface area contributed by atoms with Crippen molar-refractivity contribution in [3.05, 3.63) is 53.3 Å². The van der Waals surface area contributed by atoms with Crippen molar-refractivity contribution in [3.63, 3.8) is 0 Å². The van der Waals surface area contributed by atoms with Gasteiger partial charge in [0.15, 0.2) is 0 Å². The Balaban J connectivity index is 1.92. The average Bonchev–Trinajstić information content (AvgIpc) is 2.57. The molecule has 0 atom stereocenters. The highest BCUT2D eigenvalue weighted by Gasteiger charge is 2.22. The largest absolute Gasteiger partial charge is 0.497 e. The maximum atomic E-state index is 14.5. The first kappa shape index (κ1) is 16.3. The van der Waals surface area contributed by atoms with Crippen LogP contribution in [0.1, 0.15) is 29.9 Å². The van der Waals surface area contributed by atoms with Gasteiger partial charge in [-0.05, 0) is 74.7 Å². The van der Waals surface area contributed by atoms with Crippen LogP contribution < -0.4 is 10.1 Å². The first-order valence-electron chi connectivity index (χ1n) is 8.00. The van der Waals surface area contributed by atoms with Gasteiger partial charge in [-0.3, -0.25) is 0 Å². The van der Waals surface area contributed by atoms with E-state index in [0.717, 1.165) is 52.6 Å². The molecule has 1 fully saturated rings.